The number of aromatic nitrogens is 2. The summed E-state index contributed by atoms with van der Waals surface area (Å²) >= 11 is 5.80. The number of likely N-dealkylation sites (N-methyl/N-ethyl adjacent to an activating group) is 1. The van der Waals surface area contributed by atoms with Gasteiger partial charge in [-0.1, -0.05) is 36.4 Å². The Morgan fingerprint density at radius 3 is 2.48 bits per heavy atom. The van der Waals surface area contributed by atoms with Gasteiger partial charge >= 0.3 is 0 Å². The van der Waals surface area contributed by atoms with Gasteiger partial charge in [0.05, 0.1) is 17.8 Å². The highest BCUT2D eigenvalue weighted by atomic mass is 32.1. The summed E-state index contributed by atoms with van der Waals surface area (Å²) in [4.78, 5) is 9.20. The van der Waals surface area contributed by atoms with Crippen molar-refractivity contribution in [2.75, 3.05) is 27.2 Å². The third kappa shape index (κ3) is 4.50. The Bertz CT molecular complexity index is 1030. The lowest BCUT2D eigenvalue weighted by Crippen LogP contribution is -2.35. The SMILES string of the molecule is Cc1cc([C@@H]2[C@H](c3ccccn3)NC(=S)N2CCN(C)C)c(C)n1Cc1ccccc1. The molecule has 162 valence electrons. The second kappa shape index (κ2) is 9.20. The summed E-state index contributed by atoms with van der Waals surface area (Å²) < 4.78 is 2.41. The van der Waals surface area contributed by atoms with Crippen LogP contribution in [-0.2, 0) is 6.54 Å². The van der Waals surface area contributed by atoms with Crippen molar-refractivity contribution in [1.29, 1.82) is 0 Å². The second-order valence-electron chi connectivity index (χ2n) is 8.52. The standard InChI is InChI=1S/C25H31N5S/c1-18-16-21(19(2)30(18)17-20-10-6-5-7-11-20)24-23(22-12-8-9-13-26-22)27-25(31)29(24)15-14-28(3)4/h5-13,16,23-24H,14-15,17H2,1-4H3,(H,27,31)/t23-,24+/m0/s1. The third-order valence-electron chi connectivity index (χ3n) is 6.10. The molecular weight excluding hydrogens is 402 g/mol. The van der Waals surface area contributed by atoms with E-state index in [-0.39, 0.29) is 12.1 Å². The monoisotopic (exact) mass is 433 g/mol. The second-order valence-corrected chi connectivity index (χ2v) is 8.91. The summed E-state index contributed by atoms with van der Waals surface area (Å²) in [6.07, 6.45) is 1.86. The van der Waals surface area contributed by atoms with Gasteiger partial charge in [0.25, 0.3) is 0 Å². The van der Waals surface area contributed by atoms with E-state index in [0.29, 0.717) is 0 Å². The molecule has 1 aromatic carbocycles. The van der Waals surface area contributed by atoms with Gasteiger partial charge in [0, 0.05) is 37.2 Å². The minimum Gasteiger partial charge on any atom is -0.352 e. The number of aryl methyl sites for hydroxylation is 1. The molecule has 4 rings (SSSR count). The molecule has 0 spiro atoms. The summed E-state index contributed by atoms with van der Waals surface area (Å²) in [5.41, 5.74) is 6.20. The molecule has 1 saturated heterocycles. The van der Waals surface area contributed by atoms with Gasteiger partial charge in [0.15, 0.2) is 5.11 Å². The molecule has 0 unspecified atom stereocenters. The zero-order valence-corrected chi connectivity index (χ0v) is 19.6. The largest absolute Gasteiger partial charge is 0.352 e. The van der Waals surface area contributed by atoms with Gasteiger partial charge in [0.2, 0.25) is 0 Å². The maximum atomic E-state index is 5.80. The molecule has 1 N–H and O–H groups in total. The van der Waals surface area contributed by atoms with Crippen LogP contribution >= 0.6 is 12.2 Å². The Hall–Kier alpha value is -2.70. The van der Waals surface area contributed by atoms with Crippen LogP contribution in [0.15, 0.2) is 60.8 Å². The number of nitrogens with one attached hydrogen (secondary N) is 1. The molecule has 3 heterocycles. The van der Waals surface area contributed by atoms with E-state index in [2.05, 4.69) is 95.1 Å². The number of rotatable bonds is 7. The van der Waals surface area contributed by atoms with E-state index in [1.807, 2.05) is 18.3 Å². The molecule has 0 bridgehead atoms. The summed E-state index contributed by atoms with van der Waals surface area (Å²) in [6, 6.07) is 19.2. The molecule has 3 aromatic rings. The van der Waals surface area contributed by atoms with Gasteiger partial charge < -0.3 is 19.7 Å². The number of thiocarbonyl (C=S) groups is 1. The van der Waals surface area contributed by atoms with Gasteiger partial charge in [-0.2, -0.15) is 0 Å². The molecule has 5 nitrogen and oxygen atoms in total. The van der Waals surface area contributed by atoms with Crippen LogP contribution in [0.5, 0.6) is 0 Å². The number of hydrogen-bond acceptors (Lipinski definition) is 3. The normalized spacial score (nSPS) is 18.6. The molecule has 0 radical (unpaired) electrons. The van der Waals surface area contributed by atoms with E-state index in [1.54, 1.807) is 0 Å². The molecule has 0 amide bonds. The van der Waals surface area contributed by atoms with Crippen molar-refractivity contribution >= 4 is 17.3 Å². The third-order valence-corrected chi connectivity index (χ3v) is 6.45. The quantitative estimate of drug-likeness (QED) is 0.568. The molecule has 0 aliphatic carbocycles. The average Bonchev–Trinajstić information content (AvgIpc) is 3.24. The van der Waals surface area contributed by atoms with Crippen LogP contribution in [0.3, 0.4) is 0 Å². The first-order valence-corrected chi connectivity index (χ1v) is 11.2. The van der Waals surface area contributed by atoms with Crippen molar-refractivity contribution in [1.82, 2.24) is 24.7 Å². The first kappa shape index (κ1) is 21.5. The number of benzene rings is 1. The number of pyridine rings is 1. The summed E-state index contributed by atoms with van der Waals surface area (Å²) in [7, 11) is 4.20. The average molecular weight is 434 g/mol. The van der Waals surface area contributed by atoms with E-state index < -0.39 is 0 Å². The molecule has 1 fully saturated rings. The first-order chi connectivity index (χ1) is 15.0. The maximum Gasteiger partial charge on any atom is 0.170 e. The fraction of sp³-hybridized carbons (Fsp3) is 0.360. The minimum absolute atomic E-state index is 0.0292. The van der Waals surface area contributed by atoms with Crippen LogP contribution in [0.4, 0.5) is 0 Å². The summed E-state index contributed by atoms with van der Waals surface area (Å²) in [5.74, 6) is 0. The lowest BCUT2D eigenvalue weighted by Gasteiger charge is -2.29. The van der Waals surface area contributed by atoms with Crippen LogP contribution in [0.2, 0.25) is 0 Å². The summed E-state index contributed by atoms with van der Waals surface area (Å²) in [6.45, 7) is 7.10. The van der Waals surface area contributed by atoms with Gasteiger partial charge in [-0.05, 0) is 69.5 Å². The zero-order valence-electron chi connectivity index (χ0n) is 18.7. The van der Waals surface area contributed by atoms with E-state index >= 15 is 0 Å². The van der Waals surface area contributed by atoms with E-state index in [1.165, 1.54) is 22.5 Å². The number of nitrogens with zero attached hydrogens (tertiary/aromatic N) is 4. The highest BCUT2D eigenvalue weighted by Gasteiger charge is 2.41. The van der Waals surface area contributed by atoms with Crippen molar-refractivity contribution in [2.45, 2.75) is 32.5 Å². The van der Waals surface area contributed by atoms with E-state index in [0.717, 1.165) is 30.4 Å². The van der Waals surface area contributed by atoms with Gasteiger partial charge in [-0.3, -0.25) is 4.98 Å². The fourth-order valence-corrected chi connectivity index (χ4v) is 4.76. The van der Waals surface area contributed by atoms with Crippen molar-refractivity contribution in [2.24, 2.45) is 0 Å². The van der Waals surface area contributed by atoms with Crippen LogP contribution in [0.25, 0.3) is 0 Å². The molecule has 0 saturated carbocycles. The van der Waals surface area contributed by atoms with Crippen molar-refractivity contribution < 1.29 is 0 Å². The smallest absolute Gasteiger partial charge is 0.170 e. The predicted octanol–water partition coefficient (Wildman–Crippen LogP) is 4.08. The van der Waals surface area contributed by atoms with E-state index in [9.17, 15) is 0 Å². The van der Waals surface area contributed by atoms with Gasteiger partial charge in [-0.15, -0.1) is 0 Å². The molecule has 1 aliphatic rings. The van der Waals surface area contributed by atoms with Crippen molar-refractivity contribution in [3.63, 3.8) is 0 Å². The predicted molar refractivity (Wildman–Crippen MR) is 130 cm³/mol. The highest BCUT2D eigenvalue weighted by molar-refractivity contribution is 7.80. The number of hydrogen-bond donors (Lipinski definition) is 1. The van der Waals surface area contributed by atoms with Crippen LogP contribution < -0.4 is 5.32 Å². The van der Waals surface area contributed by atoms with Crippen molar-refractivity contribution in [3.05, 3.63) is 89.0 Å². The molecular formula is C25H31N5S. The highest BCUT2D eigenvalue weighted by Crippen LogP contribution is 2.40. The minimum atomic E-state index is 0.0292. The Balaban J connectivity index is 1.73. The Morgan fingerprint density at radius 1 is 1.06 bits per heavy atom. The Kier molecular flexibility index (Phi) is 6.39. The van der Waals surface area contributed by atoms with E-state index in [4.69, 9.17) is 12.2 Å². The van der Waals surface area contributed by atoms with Gasteiger partial charge in [0.1, 0.15) is 0 Å². The first-order valence-electron chi connectivity index (χ1n) is 10.8. The molecule has 1 aliphatic heterocycles. The fourth-order valence-electron chi connectivity index (χ4n) is 4.43. The zero-order chi connectivity index (χ0) is 22.0. The molecule has 2 atom stereocenters. The lowest BCUT2D eigenvalue weighted by atomic mass is 9.97. The topological polar surface area (TPSA) is 36.3 Å². The summed E-state index contributed by atoms with van der Waals surface area (Å²) in [5, 5.41) is 4.37. The van der Waals surface area contributed by atoms with Gasteiger partial charge in [-0.25, -0.2) is 0 Å². The van der Waals surface area contributed by atoms with Crippen LogP contribution in [0.1, 0.15) is 40.3 Å². The van der Waals surface area contributed by atoms with Crippen LogP contribution in [0, 0.1) is 13.8 Å². The Morgan fingerprint density at radius 2 is 1.81 bits per heavy atom. The molecule has 2 aromatic heterocycles. The van der Waals surface area contributed by atoms with Crippen molar-refractivity contribution in [3.8, 4) is 0 Å². The molecule has 6 heteroatoms. The maximum absolute atomic E-state index is 5.80. The van der Waals surface area contributed by atoms with Crippen LogP contribution in [-0.4, -0.2) is 51.6 Å². The Labute approximate surface area is 190 Å². The lowest BCUT2D eigenvalue weighted by molar-refractivity contribution is 0.277. The molecule has 31 heavy (non-hydrogen) atoms.